The molecule has 20 heavy (non-hydrogen) atoms. The monoisotopic (exact) mass is 276 g/mol. The number of benzene rings is 1. The van der Waals surface area contributed by atoms with Crippen molar-refractivity contribution in [2.75, 3.05) is 5.32 Å². The summed E-state index contributed by atoms with van der Waals surface area (Å²) in [5.41, 5.74) is 2.03. The van der Waals surface area contributed by atoms with Gasteiger partial charge in [-0.15, -0.1) is 0 Å². The molecule has 0 bridgehead atoms. The number of anilines is 1. The van der Waals surface area contributed by atoms with Gasteiger partial charge in [-0.05, 0) is 37.8 Å². The van der Waals surface area contributed by atoms with E-state index in [1.54, 1.807) is 13.0 Å². The van der Waals surface area contributed by atoms with Crippen LogP contribution in [0, 0.1) is 29.9 Å². The summed E-state index contributed by atoms with van der Waals surface area (Å²) in [6.45, 7) is 3.69. The van der Waals surface area contributed by atoms with Crippen LogP contribution in [0.25, 0.3) is 0 Å². The minimum absolute atomic E-state index is 0.0109. The van der Waals surface area contributed by atoms with Gasteiger partial charge in [-0.1, -0.05) is 25.3 Å². The Hall–Kier alpha value is -1.91. The SMILES string of the molecule is Cc1ccc([N+](=O)[O-])c(NC(=O)C2CCCCC2)c1C. The average Bonchev–Trinajstić information content (AvgIpc) is 2.44. The highest BCUT2D eigenvalue weighted by atomic mass is 16.6. The molecule has 1 amide bonds. The van der Waals surface area contributed by atoms with Gasteiger partial charge >= 0.3 is 0 Å². The number of nitro benzene ring substituents is 1. The highest BCUT2D eigenvalue weighted by molar-refractivity contribution is 5.95. The zero-order valence-corrected chi connectivity index (χ0v) is 11.9. The van der Waals surface area contributed by atoms with E-state index in [1.165, 1.54) is 12.5 Å². The largest absolute Gasteiger partial charge is 0.320 e. The quantitative estimate of drug-likeness (QED) is 0.675. The molecule has 0 radical (unpaired) electrons. The molecular weight excluding hydrogens is 256 g/mol. The molecule has 0 aromatic heterocycles. The third kappa shape index (κ3) is 2.98. The molecule has 1 fully saturated rings. The molecule has 2 rings (SSSR count). The Morgan fingerprint density at radius 1 is 1.25 bits per heavy atom. The standard InChI is InChI=1S/C15H20N2O3/c1-10-8-9-13(17(19)20)14(11(10)2)16-15(18)12-6-4-3-5-7-12/h8-9,12H,3-7H2,1-2H3,(H,16,18). The fraction of sp³-hybridized carbons (Fsp3) is 0.533. The Morgan fingerprint density at radius 3 is 2.50 bits per heavy atom. The van der Waals surface area contributed by atoms with E-state index < -0.39 is 4.92 Å². The first-order valence-corrected chi connectivity index (χ1v) is 7.06. The van der Waals surface area contributed by atoms with Crippen LogP contribution in [-0.4, -0.2) is 10.8 Å². The molecule has 1 aromatic rings. The molecule has 0 spiro atoms. The molecule has 5 nitrogen and oxygen atoms in total. The summed E-state index contributed by atoms with van der Waals surface area (Å²) in [4.78, 5) is 22.9. The first kappa shape index (κ1) is 14.5. The van der Waals surface area contributed by atoms with Crippen molar-refractivity contribution >= 4 is 17.3 Å². The number of carbonyl (C=O) groups is 1. The van der Waals surface area contributed by atoms with Crippen LogP contribution in [-0.2, 0) is 4.79 Å². The molecule has 1 N–H and O–H groups in total. The van der Waals surface area contributed by atoms with E-state index >= 15 is 0 Å². The molecule has 5 heteroatoms. The molecule has 0 aliphatic heterocycles. The number of amides is 1. The number of nitrogens with one attached hydrogen (secondary N) is 1. The van der Waals surface area contributed by atoms with E-state index in [4.69, 9.17) is 0 Å². The van der Waals surface area contributed by atoms with Crippen LogP contribution in [0.2, 0.25) is 0 Å². The highest BCUT2D eigenvalue weighted by Crippen LogP contribution is 2.32. The third-order valence-corrected chi connectivity index (χ3v) is 4.13. The van der Waals surface area contributed by atoms with Crippen LogP contribution in [0.4, 0.5) is 11.4 Å². The molecule has 0 saturated heterocycles. The third-order valence-electron chi connectivity index (χ3n) is 4.13. The molecule has 1 aromatic carbocycles. The van der Waals surface area contributed by atoms with Crippen molar-refractivity contribution < 1.29 is 9.72 Å². The number of nitro groups is 1. The first-order chi connectivity index (χ1) is 9.50. The lowest BCUT2D eigenvalue weighted by molar-refractivity contribution is -0.384. The zero-order valence-electron chi connectivity index (χ0n) is 11.9. The maximum Gasteiger partial charge on any atom is 0.293 e. The summed E-state index contributed by atoms with van der Waals surface area (Å²) < 4.78 is 0. The van der Waals surface area contributed by atoms with Gasteiger partial charge < -0.3 is 5.32 Å². The summed E-state index contributed by atoms with van der Waals surface area (Å²) in [5.74, 6) is -0.0928. The summed E-state index contributed by atoms with van der Waals surface area (Å²) in [5, 5.41) is 13.9. The van der Waals surface area contributed by atoms with Gasteiger partial charge in [-0.2, -0.15) is 0 Å². The summed E-state index contributed by atoms with van der Waals surface area (Å²) in [6.07, 6.45) is 5.06. The Labute approximate surface area is 118 Å². The van der Waals surface area contributed by atoms with Crippen molar-refractivity contribution in [3.8, 4) is 0 Å². The van der Waals surface area contributed by atoms with Crippen LogP contribution in [0.5, 0.6) is 0 Å². The van der Waals surface area contributed by atoms with Crippen molar-refractivity contribution in [2.24, 2.45) is 5.92 Å². The molecule has 1 aliphatic carbocycles. The number of hydrogen-bond donors (Lipinski definition) is 1. The van der Waals surface area contributed by atoms with Crippen LogP contribution in [0.15, 0.2) is 12.1 Å². The number of nitrogens with zero attached hydrogens (tertiary/aromatic N) is 1. The predicted octanol–water partition coefficient (Wildman–Crippen LogP) is 3.73. The Kier molecular flexibility index (Phi) is 4.37. The highest BCUT2D eigenvalue weighted by Gasteiger charge is 2.25. The molecule has 108 valence electrons. The number of carbonyl (C=O) groups excluding carboxylic acids is 1. The predicted molar refractivity (Wildman–Crippen MR) is 77.8 cm³/mol. The van der Waals surface area contributed by atoms with Gasteiger partial charge in [-0.25, -0.2) is 0 Å². The maximum absolute atomic E-state index is 12.3. The van der Waals surface area contributed by atoms with Gasteiger partial charge in [-0.3, -0.25) is 14.9 Å². The Bertz CT molecular complexity index is 534. The van der Waals surface area contributed by atoms with E-state index in [-0.39, 0.29) is 17.5 Å². The van der Waals surface area contributed by atoms with Gasteiger partial charge in [0.1, 0.15) is 5.69 Å². The number of hydrogen-bond acceptors (Lipinski definition) is 3. The van der Waals surface area contributed by atoms with Crippen molar-refractivity contribution in [2.45, 2.75) is 46.0 Å². The summed E-state index contributed by atoms with van der Waals surface area (Å²) in [6, 6.07) is 3.17. The van der Waals surface area contributed by atoms with Crippen molar-refractivity contribution in [3.63, 3.8) is 0 Å². The normalized spacial score (nSPS) is 15.9. The lowest BCUT2D eigenvalue weighted by atomic mass is 9.88. The fourth-order valence-corrected chi connectivity index (χ4v) is 2.70. The maximum atomic E-state index is 12.3. The fourth-order valence-electron chi connectivity index (χ4n) is 2.70. The minimum atomic E-state index is -0.442. The summed E-state index contributed by atoms with van der Waals surface area (Å²) in [7, 11) is 0. The van der Waals surface area contributed by atoms with Crippen molar-refractivity contribution in [3.05, 3.63) is 33.4 Å². The lowest BCUT2D eigenvalue weighted by Gasteiger charge is -2.21. The first-order valence-electron chi connectivity index (χ1n) is 7.06. The Balaban J connectivity index is 2.25. The topological polar surface area (TPSA) is 72.2 Å². The molecular formula is C15H20N2O3. The smallest absolute Gasteiger partial charge is 0.293 e. The molecule has 1 aliphatic rings. The van der Waals surface area contributed by atoms with Gasteiger partial charge in [0.2, 0.25) is 5.91 Å². The van der Waals surface area contributed by atoms with E-state index in [0.717, 1.165) is 36.8 Å². The molecule has 0 heterocycles. The van der Waals surface area contributed by atoms with Gasteiger partial charge in [0.05, 0.1) is 4.92 Å². The second-order valence-corrected chi connectivity index (χ2v) is 5.48. The van der Waals surface area contributed by atoms with Crippen molar-refractivity contribution in [1.29, 1.82) is 0 Å². The number of rotatable bonds is 3. The zero-order chi connectivity index (χ0) is 14.7. The second-order valence-electron chi connectivity index (χ2n) is 5.48. The van der Waals surface area contributed by atoms with E-state index in [9.17, 15) is 14.9 Å². The second kappa shape index (κ2) is 6.03. The van der Waals surface area contributed by atoms with E-state index in [0.29, 0.717) is 5.69 Å². The van der Waals surface area contributed by atoms with Gasteiger partial charge in [0.25, 0.3) is 5.69 Å². The van der Waals surface area contributed by atoms with Gasteiger partial charge in [0, 0.05) is 12.0 Å². The van der Waals surface area contributed by atoms with E-state index in [1.807, 2.05) is 6.92 Å². The molecule has 0 atom stereocenters. The number of aryl methyl sites for hydroxylation is 1. The molecule has 0 unspecified atom stereocenters. The van der Waals surface area contributed by atoms with Crippen molar-refractivity contribution in [1.82, 2.24) is 0 Å². The van der Waals surface area contributed by atoms with Crippen LogP contribution in [0.3, 0.4) is 0 Å². The van der Waals surface area contributed by atoms with Crippen LogP contribution < -0.4 is 5.32 Å². The lowest BCUT2D eigenvalue weighted by Crippen LogP contribution is -2.25. The van der Waals surface area contributed by atoms with Crippen LogP contribution in [0.1, 0.15) is 43.2 Å². The summed E-state index contributed by atoms with van der Waals surface area (Å²) >= 11 is 0. The molecule has 1 saturated carbocycles. The Morgan fingerprint density at radius 2 is 1.90 bits per heavy atom. The average molecular weight is 276 g/mol. The van der Waals surface area contributed by atoms with Crippen LogP contribution >= 0.6 is 0 Å². The van der Waals surface area contributed by atoms with E-state index in [2.05, 4.69) is 5.32 Å². The minimum Gasteiger partial charge on any atom is -0.320 e. The van der Waals surface area contributed by atoms with Gasteiger partial charge in [0.15, 0.2) is 0 Å².